The van der Waals surface area contributed by atoms with E-state index in [0.717, 1.165) is 5.56 Å². The summed E-state index contributed by atoms with van der Waals surface area (Å²) < 4.78 is 13.1. The van der Waals surface area contributed by atoms with Crippen LogP contribution in [0.2, 0.25) is 5.02 Å². The van der Waals surface area contributed by atoms with Crippen molar-refractivity contribution in [1.29, 1.82) is 0 Å². The van der Waals surface area contributed by atoms with E-state index in [9.17, 15) is 14.4 Å². The average molecular weight is 523 g/mol. The molecule has 3 aromatic rings. The first-order valence-corrected chi connectivity index (χ1v) is 11.7. The fourth-order valence-corrected chi connectivity index (χ4v) is 3.48. The fourth-order valence-electron chi connectivity index (χ4n) is 3.36. The Morgan fingerprint density at radius 1 is 1.14 bits per heavy atom. The molecule has 10 heteroatoms. The van der Waals surface area contributed by atoms with Gasteiger partial charge in [-0.2, -0.15) is 0 Å². The molecule has 0 radical (unpaired) electrons. The smallest absolute Gasteiger partial charge is 0.356 e. The van der Waals surface area contributed by atoms with Crippen molar-refractivity contribution in [2.75, 3.05) is 12.4 Å². The van der Waals surface area contributed by atoms with Gasteiger partial charge >= 0.3 is 11.7 Å². The molecule has 9 nitrogen and oxygen atoms in total. The lowest BCUT2D eigenvalue weighted by Crippen LogP contribution is -2.40. The number of carbonyl (C=O) groups is 1. The van der Waals surface area contributed by atoms with Crippen molar-refractivity contribution < 1.29 is 14.3 Å². The number of ether oxygens (including phenoxy) is 2. The van der Waals surface area contributed by atoms with Crippen LogP contribution in [0.15, 0.2) is 94.5 Å². The molecular weight excluding hydrogens is 496 g/mol. The Balaban J connectivity index is 1.88. The van der Waals surface area contributed by atoms with Crippen molar-refractivity contribution in [1.82, 2.24) is 14.1 Å². The molecule has 0 aliphatic carbocycles. The summed E-state index contributed by atoms with van der Waals surface area (Å²) in [5, 5.41) is 3.72. The lowest BCUT2D eigenvalue weighted by Gasteiger charge is -2.16. The Hall–Kier alpha value is -4.37. The Kier molecular flexibility index (Phi) is 9.23. The zero-order valence-electron chi connectivity index (χ0n) is 20.7. The highest BCUT2D eigenvalue weighted by Crippen LogP contribution is 2.17. The third-order valence-corrected chi connectivity index (χ3v) is 5.49. The lowest BCUT2D eigenvalue weighted by atomic mass is 10.2. The maximum Gasteiger partial charge on any atom is 0.356 e. The highest BCUT2D eigenvalue weighted by atomic mass is 35.5. The molecule has 0 aliphatic rings. The molecule has 0 atom stereocenters. The van der Waals surface area contributed by atoms with Gasteiger partial charge in [-0.25, -0.2) is 14.6 Å². The fraction of sp³-hybridized carbons (Fsp3) is 0.185. The van der Waals surface area contributed by atoms with E-state index in [1.807, 2.05) is 12.1 Å². The zero-order valence-corrected chi connectivity index (χ0v) is 21.5. The van der Waals surface area contributed by atoms with Crippen LogP contribution in [0.25, 0.3) is 0 Å². The third kappa shape index (κ3) is 7.08. The van der Waals surface area contributed by atoms with E-state index in [4.69, 9.17) is 16.3 Å². The van der Waals surface area contributed by atoms with Crippen LogP contribution in [0.5, 0.6) is 5.75 Å². The molecule has 0 bridgehead atoms. The summed E-state index contributed by atoms with van der Waals surface area (Å²) >= 11 is 5.99. The number of rotatable bonds is 10. The number of allylic oxidation sites excluding steroid dienone is 4. The van der Waals surface area contributed by atoms with Gasteiger partial charge in [0.05, 0.1) is 13.7 Å². The van der Waals surface area contributed by atoms with E-state index in [0.29, 0.717) is 28.0 Å². The molecule has 1 N–H and O–H groups in total. The first-order valence-electron chi connectivity index (χ1n) is 11.3. The Labute approximate surface area is 218 Å². The van der Waals surface area contributed by atoms with E-state index in [2.05, 4.69) is 21.6 Å². The second-order valence-corrected chi connectivity index (χ2v) is 8.26. The average Bonchev–Trinajstić information content (AvgIpc) is 2.89. The number of benzene rings is 1. The number of pyridine rings is 1. The SMILES string of the molecule is C=C/C(=C\C=C(/C)Nc1cc(=O)n(CC)c(=O)n1Cc1ccc(Cl)cc1)Oc1ccnc(C(=O)OC)c1. The number of nitrogens with zero attached hydrogens (tertiary/aromatic N) is 3. The van der Waals surface area contributed by atoms with E-state index in [1.165, 1.54) is 40.6 Å². The minimum absolute atomic E-state index is 0.109. The highest BCUT2D eigenvalue weighted by Gasteiger charge is 2.12. The highest BCUT2D eigenvalue weighted by molar-refractivity contribution is 6.30. The van der Waals surface area contributed by atoms with Gasteiger partial charge in [-0.3, -0.25) is 13.9 Å². The van der Waals surface area contributed by atoms with Crippen molar-refractivity contribution in [3.63, 3.8) is 0 Å². The van der Waals surface area contributed by atoms with Crippen LogP contribution >= 0.6 is 11.6 Å². The number of halogens is 1. The summed E-state index contributed by atoms with van der Waals surface area (Å²) in [7, 11) is 1.27. The Morgan fingerprint density at radius 2 is 1.86 bits per heavy atom. The number of anilines is 1. The predicted octanol–water partition coefficient (Wildman–Crippen LogP) is 4.38. The number of nitrogens with one attached hydrogen (secondary N) is 1. The van der Waals surface area contributed by atoms with Gasteiger partial charge in [-0.1, -0.05) is 30.3 Å². The number of hydrogen-bond acceptors (Lipinski definition) is 7. The van der Waals surface area contributed by atoms with Gasteiger partial charge in [0.15, 0.2) is 5.69 Å². The maximum atomic E-state index is 13.1. The van der Waals surface area contributed by atoms with E-state index in [1.54, 1.807) is 44.2 Å². The summed E-state index contributed by atoms with van der Waals surface area (Å²) in [6.45, 7) is 7.77. The normalized spacial score (nSPS) is 11.7. The Morgan fingerprint density at radius 3 is 2.51 bits per heavy atom. The van der Waals surface area contributed by atoms with Gasteiger partial charge in [0.25, 0.3) is 5.56 Å². The maximum absolute atomic E-state index is 13.1. The molecule has 0 spiro atoms. The molecule has 37 heavy (non-hydrogen) atoms. The summed E-state index contributed by atoms with van der Waals surface area (Å²) in [6, 6.07) is 11.6. The second-order valence-electron chi connectivity index (χ2n) is 7.83. The van der Waals surface area contributed by atoms with Crippen LogP contribution < -0.4 is 21.3 Å². The second kappa shape index (κ2) is 12.5. The van der Waals surface area contributed by atoms with Crippen molar-refractivity contribution >= 4 is 23.4 Å². The minimum Gasteiger partial charge on any atom is -0.464 e. The first-order chi connectivity index (χ1) is 17.7. The van der Waals surface area contributed by atoms with E-state index >= 15 is 0 Å². The number of esters is 1. The molecule has 2 aromatic heterocycles. The van der Waals surface area contributed by atoms with E-state index < -0.39 is 17.2 Å². The molecule has 0 saturated carbocycles. The van der Waals surface area contributed by atoms with Crippen LogP contribution in [0.3, 0.4) is 0 Å². The summed E-state index contributed by atoms with van der Waals surface area (Å²) in [5.74, 6) is 0.530. The standard InChI is InChI=1S/C27H27ClN4O5/c1-5-21(37-22-13-14-29-23(15-22)26(34)36-4)12-7-18(3)30-24-16-25(33)31(6-2)27(35)32(24)17-19-8-10-20(28)11-9-19/h5,7-16,30H,1,6,17H2,2-4H3/b18-7+,21-12+. The largest absolute Gasteiger partial charge is 0.464 e. The topological polar surface area (TPSA) is 104 Å². The van der Waals surface area contributed by atoms with Crippen LogP contribution in [-0.2, 0) is 17.8 Å². The monoisotopic (exact) mass is 522 g/mol. The van der Waals surface area contributed by atoms with Gasteiger partial charge in [0.2, 0.25) is 0 Å². The predicted molar refractivity (Wildman–Crippen MR) is 143 cm³/mol. The van der Waals surface area contributed by atoms with Crippen LogP contribution in [0.4, 0.5) is 5.82 Å². The number of carbonyl (C=O) groups excluding carboxylic acids is 1. The molecule has 0 fully saturated rings. The molecule has 192 valence electrons. The Bertz CT molecular complexity index is 1470. The number of hydrogen-bond donors (Lipinski definition) is 1. The van der Waals surface area contributed by atoms with Gasteiger partial charge in [0, 0.05) is 35.6 Å². The number of aromatic nitrogens is 3. The molecule has 2 heterocycles. The van der Waals surface area contributed by atoms with E-state index in [-0.39, 0.29) is 18.8 Å². The van der Waals surface area contributed by atoms with Crippen molar-refractivity contribution in [2.24, 2.45) is 0 Å². The molecular formula is C27H27ClN4O5. The van der Waals surface area contributed by atoms with Gasteiger partial charge in [0.1, 0.15) is 17.3 Å². The third-order valence-electron chi connectivity index (χ3n) is 5.23. The first kappa shape index (κ1) is 27.2. The van der Waals surface area contributed by atoms with Crippen molar-refractivity contribution in [2.45, 2.75) is 26.9 Å². The lowest BCUT2D eigenvalue weighted by molar-refractivity contribution is 0.0593. The molecule has 0 amide bonds. The van der Waals surface area contributed by atoms with Gasteiger partial charge in [-0.15, -0.1) is 0 Å². The van der Waals surface area contributed by atoms with Crippen LogP contribution in [0.1, 0.15) is 29.9 Å². The summed E-state index contributed by atoms with van der Waals surface area (Å²) in [5.41, 5.74) is 0.761. The van der Waals surface area contributed by atoms with Crippen molar-refractivity contribution in [3.8, 4) is 5.75 Å². The van der Waals surface area contributed by atoms with Crippen LogP contribution in [-0.4, -0.2) is 27.2 Å². The molecule has 3 rings (SSSR count). The molecule has 0 unspecified atom stereocenters. The molecule has 1 aromatic carbocycles. The zero-order chi connectivity index (χ0) is 26.9. The van der Waals surface area contributed by atoms with Crippen molar-refractivity contribution in [3.05, 3.63) is 122 Å². The number of methoxy groups -OCH3 is 1. The van der Waals surface area contributed by atoms with Crippen LogP contribution in [0, 0.1) is 0 Å². The molecule has 0 aliphatic heterocycles. The van der Waals surface area contributed by atoms with Gasteiger partial charge < -0.3 is 14.8 Å². The summed E-state index contributed by atoms with van der Waals surface area (Å²) in [4.78, 5) is 41.2. The molecule has 0 saturated heterocycles. The quantitative estimate of drug-likeness (QED) is 0.239. The summed E-state index contributed by atoms with van der Waals surface area (Å²) in [6.07, 6.45) is 6.30. The van der Waals surface area contributed by atoms with Gasteiger partial charge in [-0.05, 0) is 55.8 Å². The minimum atomic E-state index is -0.579.